The molecule has 16 heavy (non-hydrogen) atoms. The summed E-state index contributed by atoms with van der Waals surface area (Å²) in [6.07, 6.45) is 9.41. The minimum absolute atomic E-state index is 0.731. The number of hydrogen-bond donors (Lipinski definition) is 1. The fourth-order valence-electron chi connectivity index (χ4n) is 2.32. The number of thiazole rings is 1. The van der Waals surface area contributed by atoms with Gasteiger partial charge in [0.25, 0.3) is 0 Å². The molecule has 0 amide bonds. The summed E-state index contributed by atoms with van der Waals surface area (Å²) in [7, 11) is 0. The first kappa shape index (κ1) is 12.1. The molecule has 1 aliphatic carbocycles. The van der Waals surface area contributed by atoms with Crippen LogP contribution in [-0.2, 0) is 13.0 Å². The van der Waals surface area contributed by atoms with Gasteiger partial charge in [-0.25, -0.2) is 4.98 Å². The zero-order chi connectivity index (χ0) is 11.2. The van der Waals surface area contributed by atoms with E-state index in [4.69, 9.17) is 0 Å². The fraction of sp³-hybridized carbons (Fsp3) is 0.769. The van der Waals surface area contributed by atoms with Crippen molar-refractivity contribution in [1.82, 2.24) is 10.3 Å². The molecule has 90 valence electrons. The summed E-state index contributed by atoms with van der Waals surface area (Å²) in [5.74, 6) is 0. The van der Waals surface area contributed by atoms with Crippen molar-refractivity contribution in [3.63, 3.8) is 0 Å². The van der Waals surface area contributed by atoms with Gasteiger partial charge in [-0.1, -0.05) is 32.6 Å². The Morgan fingerprint density at radius 2 is 2.06 bits per heavy atom. The first-order chi connectivity index (χ1) is 7.88. The third kappa shape index (κ3) is 3.56. The molecule has 1 fully saturated rings. The maximum absolute atomic E-state index is 4.59. The Bertz CT molecular complexity index is 301. The Labute approximate surface area is 102 Å². The van der Waals surface area contributed by atoms with E-state index in [0.29, 0.717) is 0 Å². The van der Waals surface area contributed by atoms with Crippen molar-refractivity contribution in [1.29, 1.82) is 0 Å². The Hall–Kier alpha value is -0.410. The van der Waals surface area contributed by atoms with Crippen LogP contribution in [0.1, 0.15) is 56.2 Å². The molecule has 2 rings (SSSR count). The Kier molecular flexibility index (Phi) is 4.79. The number of nitrogens with one attached hydrogen (secondary N) is 1. The molecule has 0 spiro atoms. The molecule has 1 saturated carbocycles. The summed E-state index contributed by atoms with van der Waals surface area (Å²) in [6, 6.07) is 0.731. The molecule has 0 unspecified atom stereocenters. The standard InChI is InChI=1S/C13H22N2S/c1-2-13-15-12(10-16-13)9-14-11-7-5-3-4-6-8-11/h10-11,14H,2-9H2,1H3. The summed E-state index contributed by atoms with van der Waals surface area (Å²) in [5.41, 5.74) is 1.23. The Morgan fingerprint density at radius 3 is 2.69 bits per heavy atom. The zero-order valence-electron chi connectivity index (χ0n) is 10.2. The van der Waals surface area contributed by atoms with Gasteiger partial charge in [-0.15, -0.1) is 11.3 Å². The summed E-state index contributed by atoms with van der Waals surface area (Å²) in [4.78, 5) is 4.59. The van der Waals surface area contributed by atoms with E-state index in [0.717, 1.165) is 19.0 Å². The number of rotatable bonds is 4. The van der Waals surface area contributed by atoms with Crippen LogP contribution in [0.3, 0.4) is 0 Å². The number of aryl methyl sites for hydroxylation is 1. The van der Waals surface area contributed by atoms with Gasteiger partial charge in [-0.3, -0.25) is 0 Å². The van der Waals surface area contributed by atoms with Crippen LogP contribution in [0.4, 0.5) is 0 Å². The molecule has 2 nitrogen and oxygen atoms in total. The molecular formula is C13H22N2S. The summed E-state index contributed by atoms with van der Waals surface area (Å²) >= 11 is 1.79. The topological polar surface area (TPSA) is 24.9 Å². The highest BCUT2D eigenvalue weighted by molar-refractivity contribution is 7.09. The second-order valence-electron chi connectivity index (χ2n) is 4.66. The summed E-state index contributed by atoms with van der Waals surface area (Å²) in [6.45, 7) is 3.13. The lowest BCUT2D eigenvalue weighted by Gasteiger charge is -2.14. The largest absolute Gasteiger partial charge is 0.308 e. The van der Waals surface area contributed by atoms with E-state index in [2.05, 4.69) is 22.6 Å². The van der Waals surface area contributed by atoms with Gasteiger partial charge in [0.2, 0.25) is 0 Å². The molecule has 0 atom stereocenters. The quantitative estimate of drug-likeness (QED) is 0.812. The molecule has 0 aromatic carbocycles. The minimum atomic E-state index is 0.731. The van der Waals surface area contributed by atoms with Crippen LogP contribution in [-0.4, -0.2) is 11.0 Å². The average Bonchev–Trinajstić information content (AvgIpc) is 2.61. The smallest absolute Gasteiger partial charge is 0.0926 e. The van der Waals surface area contributed by atoms with Crippen molar-refractivity contribution >= 4 is 11.3 Å². The molecule has 1 aromatic rings. The van der Waals surface area contributed by atoms with Crippen LogP contribution in [0.2, 0.25) is 0 Å². The van der Waals surface area contributed by atoms with Gasteiger partial charge in [0.15, 0.2) is 0 Å². The second kappa shape index (κ2) is 6.36. The highest BCUT2D eigenvalue weighted by Gasteiger charge is 2.11. The van der Waals surface area contributed by atoms with Crippen LogP contribution < -0.4 is 5.32 Å². The van der Waals surface area contributed by atoms with Crippen molar-refractivity contribution in [3.8, 4) is 0 Å². The molecule has 0 saturated heterocycles. The van der Waals surface area contributed by atoms with E-state index in [1.54, 1.807) is 11.3 Å². The lowest BCUT2D eigenvalue weighted by Crippen LogP contribution is -2.27. The minimum Gasteiger partial charge on any atom is -0.308 e. The van der Waals surface area contributed by atoms with Crippen molar-refractivity contribution in [3.05, 3.63) is 16.1 Å². The van der Waals surface area contributed by atoms with Gasteiger partial charge in [0, 0.05) is 18.0 Å². The van der Waals surface area contributed by atoms with Crippen molar-refractivity contribution in [2.24, 2.45) is 0 Å². The van der Waals surface area contributed by atoms with E-state index in [1.165, 1.54) is 49.2 Å². The lowest BCUT2D eigenvalue weighted by molar-refractivity contribution is 0.456. The number of aromatic nitrogens is 1. The van der Waals surface area contributed by atoms with E-state index >= 15 is 0 Å². The zero-order valence-corrected chi connectivity index (χ0v) is 11.0. The van der Waals surface area contributed by atoms with E-state index in [-0.39, 0.29) is 0 Å². The van der Waals surface area contributed by atoms with Gasteiger partial charge < -0.3 is 5.32 Å². The fourth-order valence-corrected chi connectivity index (χ4v) is 3.07. The van der Waals surface area contributed by atoms with Gasteiger partial charge >= 0.3 is 0 Å². The lowest BCUT2D eigenvalue weighted by atomic mass is 10.1. The normalized spacial score (nSPS) is 18.6. The monoisotopic (exact) mass is 238 g/mol. The maximum atomic E-state index is 4.59. The highest BCUT2D eigenvalue weighted by atomic mass is 32.1. The molecule has 0 radical (unpaired) electrons. The second-order valence-corrected chi connectivity index (χ2v) is 5.60. The third-order valence-electron chi connectivity index (χ3n) is 3.33. The van der Waals surface area contributed by atoms with Gasteiger partial charge in [-0.2, -0.15) is 0 Å². The average molecular weight is 238 g/mol. The van der Waals surface area contributed by atoms with Crippen molar-refractivity contribution in [2.75, 3.05) is 0 Å². The van der Waals surface area contributed by atoms with Crippen LogP contribution in [0.25, 0.3) is 0 Å². The predicted molar refractivity (Wildman–Crippen MR) is 69.8 cm³/mol. The maximum Gasteiger partial charge on any atom is 0.0926 e. The number of hydrogen-bond acceptors (Lipinski definition) is 3. The van der Waals surface area contributed by atoms with E-state index in [1.807, 2.05) is 0 Å². The van der Waals surface area contributed by atoms with E-state index < -0.39 is 0 Å². The number of nitrogens with zero attached hydrogens (tertiary/aromatic N) is 1. The van der Waals surface area contributed by atoms with Crippen molar-refractivity contribution < 1.29 is 0 Å². The molecule has 1 N–H and O–H groups in total. The van der Waals surface area contributed by atoms with Gasteiger partial charge in [-0.05, 0) is 19.3 Å². The predicted octanol–water partition coefficient (Wildman–Crippen LogP) is 3.52. The van der Waals surface area contributed by atoms with Gasteiger partial charge in [0.1, 0.15) is 0 Å². The van der Waals surface area contributed by atoms with Crippen LogP contribution in [0.15, 0.2) is 5.38 Å². The van der Waals surface area contributed by atoms with E-state index in [9.17, 15) is 0 Å². The van der Waals surface area contributed by atoms with Crippen LogP contribution in [0.5, 0.6) is 0 Å². The third-order valence-corrected chi connectivity index (χ3v) is 4.37. The molecule has 1 aromatic heterocycles. The van der Waals surface area contributed by atoms with Crippen molar-refractivity contribution in [2.45, 2.75) is 64.5 Å². The first-order valence-corrected chi connectivity index (χ1v) is 7.43. The summed E-state index contributed by atoms with van der Waals surface area (Å²) in [5, 5.41) is 7.12. The molecule has 1 aliphatic rings. The molecule has 0 bridgehead atoms. The molecule has 0 aliphatic heterocycles. The highest BCUT2D eigenvalue weighted by Crippen LogP contribution is 2.18. The van der Waals surface area contributed by atoms with Crippen LogP contribution in [0, 0.1) is 0 Å². The summed E-state index contributed by atoms with van der Waals surface area (Å²) < 4.78 is 0. The SMILES string of the molecule is CCc1nc(CNC2CCCCCC2)cs1. The van der Waals surface area contributed by atoms with Gasteiger partial charge in [0.05, 0.1) is 10.7 Å². The van der Waals surface area contributed by atoms with Crippen LogP contribution >= 0.6 is 11.3 Å². The molecule has 3 heteroatoms. The Morgan fingerprint density at radius 1 is 1.31 bits per heavy atom. The first-order valence-electron chi connectivity index (χ1n) is 6.55. The molecular weight excluding hydrogens is 216 g/mol. The Balaban J connectivity index is 1.77. The molecule has 1 heterocycles.